The van der Waals surface area contributed by atoms with Crippen LogP contribution in [0.5, 0.6) is 0 Å². The lowest BCUT2D eigenvalue weighted by molar-refractivity contribution is 0.0345. The van der Waals surface area contributed by atoms with E-state index >= 15 is 0 Å². The van der Waals surface area contributed by atoms with Gasteiger partial charge in [0.1, 0.15) is 0 Å². The number of rotatable bonds is 2. The Balaban J connectivity index is 1.90. The second kappa shape index (κ2) is 5.13. The molecule has 1 N–H and O–H groups in total. The molecule has 0 radical (unpaired) electrons. The Kier molecular flexibility index (Phi) is 3.81. The fourth-order valence-electron chi connectivity index (χ4n) is 2.79. The zero-order valence-corrected chi connectivity index (χ0v) is 10.1. The van der Waals surface area contributed by atoms with Crippen LogP contribution in [0.2, 0.25) is 0 Å². The first-order valence-corrected chi connectivity index (χ1v) is 6.48. The van der Waals surface area contributed by atoms with Crippen LogP contribution in [-0.4, -0.2) is 23.1 Å². The van der Waals surface area contributed by atoms with E-state index in [4.69, 9.17) is 0 Å². The molecule has 15 heavy (non-hydrogen) atoms. The summed E-state index contributed by atoms with van der Waals surface area (Å²) in [5.74, 6) is 0. The van der Waals surface area contributed by atoms with Gasteiger partial charge in [0.15, 0.2) is 0 Å². The number of hydrogen-bond acceptors (Lipinski definition) is 2. The molecular formula is C13H24N2. The second-order valence-corrected chi connectivity index (χ2v) is 5.13. The standard InChI is InChI=1S/C13H24N2/c1-11-7-6-8-12(2)15(11)14-13-9-4-3-5-10-13/h4,9,11-14H,3,5-8,10H2,1-2H3. The predicted octanol–water partition coefficient (Wildman–Crippen LogP) is 2.86. The highest BCUT2D eigenvalue weighted by Gasteiger charge is 2.26. The SMILES string of the molecule is CC1CCCC(C)N1NC1C=CCCC1. The number of hydrazine groups is 1. The summed E-state index contributed by atoms with van der Waals surface area (Å²) >= 11 is 0. The zero-order chi connectivity index (χ0) is 10.7. The van der Waals surface area contributed by atoms with Gasteiger partial charge in [0, 0.05) is 18.1 Å². The van der Waals surface area contributed by atoms with Crippen LogP contribution < -0.4 is 5.43 Å². The second-order valence-electron chi connectivity index (χ2n) is 5.13. The van der Waals surface area contributed by atoms with Crippen molar-refractivity contribution in [1.82, 2.24) is 10.4 Å². The minimum absolute atomic E-state index is 0.585. The quantitative estimate of drug-likeness (QED) is 0.702. The first-order chi connectivity index (χ1) is 7.27. The molecule has 0 spiro atoms. The summed E-state index contributed by atoms with van der Waals surface area (Å²) in [6, 6.07) is 1.98. The van der Waals surface area contributed by atoms with Crippen LogP contribution in [0.1, 0.15) is 52.4 Å². The maximum Gasteiger partial charge on any atom is 0.0395 e. The van der Waals surface area contributed by atoms with Crippen molar-refractivity contribution in [3.8, 4) is 0 Å². The van der Waals surface area contributed by atoms with Gasteiger partial charge in [-0.15, -0.1) is 0 Å². The van der Waals surface area contributed by atoms with Crippen molar-refractivity contribution in [3.63, 3.8) is 0 Å². The molecule has 1 heterocycles. The molecular weight excluding hydrogens is 184 g/mol. The monoisotopic (exact) mass is 208 g/mol. The Morgan fingerprint density at radius 3 is 2.40 bits per heavy atom. The molecule has 1 fully saturated rings. The topological polar surface area (TPSA) is 15.3 Å². The fraction of sp³-hybridized carbons (Fsp3) is 0.846. The van der Waals surface area contributed by atoms with Crippen LogP contribution in [0.25, 0.3) is 0 Å². The van der Waals surface area contributed by atoms with Crippen molar-refractivity contribution in [2.45, 2.75) is 70.5 Å². The summed E-state index contributed by atoms with van der Waals surface area (Å²) in [5, 5.41) is 2.49. The van der Waals surface area contributed by atoms with Crippen molar-refractivity contribution in [3.05, 3.63) is 12.2 Å². The van der Waals surface area contributed by atoms with E-state index in [9.17, 15) is 0 Å². The Morgan fingerprint density at radius 1 is 1.07 bits per heavy atom. The molecule has 0 aromatic carbocycles. The van der Waals surface area contributed by atoms with Gasteiger partial charge in [-0.05, 0) is 46.0 Å². The lowest BCUT2D eigenvalue weighted by Crippen LogP contribution is -2.55. The molecule has 2 heteroatoms. The zero-order valence-electron chi connectivity index (χ0n) is 10.1. The summed E-state index contributed by atoms with van der Waals surface area (Å²) in [7, 11) is 0. The van der Waals surface area contributed by atoms with Gasteiger partial charge in [-0.1, -0.05) is 18.6 Å². The van der Waals surface area contributed by atoms with Gasteiger partial charge in [0.25, 0.3) is 0 Å². The third-order valence-electron chi connectivity index (χ3n) is 3.76. The average Bonchev–Trinajstić information content (AvgIpc) is 2.25. The Morgan fingerprint density at radius 2 is 1.80 bits per heavy atom. The van der Waals surface area contributed by atoms with Crippen molar-refractivity contribution in [2.75, 3.05) is 0 Å². The van der Waals surface area contributed by atoms with Crippen LogP contribution in [0.15, 0.2) is 12.2 Å². The maximum atomic E-state index is 3.70. The van der Waals surface area contributed by atoms with Crippen LogP contribution in [0.3, 0.4) is 0 Å². The largest absolute Gasteiger partial charge is 0.248 e. The van der Waals surface area contributed by atoms with Crippen molar-refractivity contribution in [1.29, 1.82) is 0 Å². The lowest BCUT2D eigenvalue weighted by atomic mass is 9.99. The molecule has 86 valence electrons. The van der Waals surface area contributed by atoms with E-state index < -0.39 is 0 Å². The third-order valence-corrected chi connectivity index (χ3v) is 3.76. The molecule has 0 aromatic heterocycles. The molecule has 3 atom stereocenters. The van der Waals surface area contributed by atoms with Crippen LogP contribution >= 0.6 is 0 Å². The van der Waals surface area contributed by atoms with Crippen LogP contribution in [-0.2, 0) is 0 Å². The van der Waals surface area contributed by atoms with Gasteiger partial charge in [-0.2, -0.15) is 0 Å². The highest BCUT2D eigenvalue weighted by molar-refractivity contribution is 4.97. The summed E-state index contributed by atoms with van der Waals surface area (Å²) in [4.78, 5) is 0. The minimum Gasteiger partial charge on any atom is -0.248 e. The van der Waals surface area contributed by atoms with Crippen molar-refractivity contribution in [2.24, 2.45) is 0 Å². The Bertz CT molecular complexity index is 215. The molecule has 1 saturated heterocycles. The van der Waals surface area contributed by atoms with Gasteiger partial charge < -0.3 is 0 Å². The summed E-state index contributed by atoms with van der Waals surface area (Å²) in [6.45, 7) is 4.68. The highest BCUT2D eigenvalue weighted by atomic mass is 15.5. The van der Waals surface area contributed by atoms with Gasteiger partial charge in [0.05, 0.1) is 0 Å². The van der Waals surface area contributed by atoms with Gasteiger partial charge in [-0.3, -0.25) is 0 Å². The smallest absolute Gasteiger partial charge is 0.0395 e. The number of nitrogens with one attached hydrogen (secondary N) is 1. The molecule has 0 aromatic rings. The fourth-order valence-corrected chi connectivity index (χ4v) is 2.79. The normalized spacial score (nSPS) is 38.1. The molecule has 1 aliphatic carbocycles. The molecule has 1 aliphatic heterocycles. The predicted molar refractivity (Wildman–Crippen MR) is 64.5 cm³/mol. The van der Waals surface area contributed by atoms with Gasteiger partial charge >= 0.3 is 0 Å². The molecule has 2 rings (SSSR count). The summed E-state index contributed by atoms with van der Waals surface area (Å²) < 4.78 is 0. The van der Waals surface area contributed by atoms with E-state index in [0.717, 1.165) is 0 Å². The highest BCUT2D eigenvalue weighted by Crippen LogP contribution is 2.22. The molecule has 3 unspecified atom stereocenters. The molecule has 2 aliphatic rings. The molecule has 0 bridgehead atoms. The molecule has 0 amide bonds. The first kappa shape index (κ1) is 11.2. The third kappa shape index (κ3) is 2.82. The van der Waals surface area contributed by atoms with E-state index in [1.54, 1.807) is 0 Å². The van der Waals surface area contributed by atoms with Crippen molar-refractivity contribution < 1.29 is 0 Å². The van der Waals surface area contributed by atoms with Crippen LogP contribution in [0, 0.1) is 0 Å². The van der Waals surface area contributed by atoms with E-state index in [1.165, 1.54) is 38.5 Å². The Hall–Kier alpha value is -0.340. The van der Waals surface area contributed by atoms with Crippen molar-refractivity contribution >= 4 is 0 Å². The molecule has 0 saturated carbocycles. The summed E-state index contributed by atoms with van der Waals surface area (Å²) in [6.07, 6.45) is 12.6. The van der Waals surface area contributed by atoms with E-state index in [1.807, 2.05) is 0 Å². The number of allylic oxidation sites excluding steroid dienone is 1. The van der Waals surface area contributed by atoms with Gasteiger partial charge in [0.2, 0.25) is 0 Å². The van der Waals surface area contributed by atoms with E-state index in [2.05, 4.69) is 36.4 Å². The summed E-state index contributed by atoms with van der Waals surface area (Å²) in [5.41, 5.74) is 3.70. The van der Waals surface area contributed by atoms with Gasteiger partial charge in [-0.25, -0.2) is 10.4 Å². The first-order valence-electron chi connectivity index (χ1n) is 6.48. The average molecular weight is 208 g/mol. The Labute approximate surface area is 93.7 Å². The number of piperidine rings is 1. The number of nitrogens with zero attached hydrogens (tertiary/aromatic N) is 1. The number of hydrogen-bond donors (Lipinski definition) is 1. The van der Waals surface area contributed by atoms with E-state index in [0.29, 0.717) is 18.1 Å². The van der Waals surface area contributed by atoms with Crippen LogP contribution in [0.4, 0.5) is 0 Å². The van der Waals surface area contributed by atoms with E-state index in [-0.39, 0.29) is 0 Å². The molecule has 2 nitrogen and oxygen atoms in total. The maximum absolute atomic E-state index is 3.70. The minimum atomic E-state index is 0.585. The lowest BCUT2D eigenvalue weighted by Gasteiger charge is -2.41.